The highest BCUT2D eigenvalue weighted by molar-refractivity contribution is 5.79. The summed E-state index contributed by atoms with van der Waals surface area (Å²) >= 11 is 0. The Morgan fingerprint density at radius 1 is 1.53 bits per heavy atom. The van der Waals surface area contributed by atoms with Gasteiger partial charge in [-0.25, -0.2) is 0 Å². The van der Waals surface area contributed by atoms with E-state index in [1.54, 1.807) is 11.0 Å². The van der Waals surface area contributed by atoms with Gasteiger partial charge in [0.05, 0.1) is 6.61 Å². The Morgan fingerprint density at radius 3 is 2.73 bits per heavy atom. The van der Waals surface area contributed by atoms with E-state index in [0.29, 0.717) is 26.3 Å². The first-order chi connectivity index (χ1) is 7.29. The molecule has 1 saturated heterocycles. The third-order valence-electron chi connectivity index (χ3n) is 2.60. The minimum absolute atomic E-state index is 0.00278. The molecule has 4 nitrogen and oxygen atoms in total. The van der Waals surface area contributed by atoms with Gasteiger partial charge in [0, 0.05) is 32.2 Å². The summed E-state index contributed by atoms with van der Waals surface area (Å²) in [6.07, 6.45) is 3.27. The Labute approximate surface area is 90.5 Å². The van der Waals surface area contributed by atoms with Gasteiger partial charge in [-0.1, -0.05) is 6.08 Å². The molecule has 0 atom stereocenters. The van der Waals surface area contributed by atoms with Crippen molar-refractivity contribution >= 4 is 5.91 Å². The normalized spacial score (nSPS) is 17.4. The first-order valence-electron chi connectivity index (χ1n) is 5.38. The van der Waals surface area contributed by atoms with Gasteiger partial charge in [-0.15, -0.1) is 6.58 Å². The Balaban J connectivity index is 2.48. The number of aliphatic hydroxyl groups excluding tert-OH is 1. The van der Waals surface area contributed by atoms with E-state index in [4.69, 9.17) is 9.84 Å². The van der Waals surface area contributed by atoms with Gasteiger partial charge in [0.25, 0.3) is 0 Å². The highest BCUT2D eigenvalue weighted by Gasteiger charge is 2.25. The molecule has 0 aromatic heterocycles. The molecule has 1 aliphatic rings. The van der Waals surface area contributed by atoms with Crippen LogP contribution in [0.25, 0.3) is 0 Å². The summed E-state index contributed by atoms with van der Waals surface area (Å²) in [7, 11) is 0. The van der Waals surface area contributed by atoms with Crippen LogP contribution in [0.4, 0.5) is 0 Å². The average Bonchev–Trinajstić information content (AvgIpc) is 2.29. The molecule has 1 aliphatic heterocycles. The quantitative estimate of drug-likeness (QED) is 0.673. The van der Waals surface area contributed by atoms with Crippen molar-refractivity contribution in [2.24, 2.45) is 5.92 Å². The molecule has 0 aromatic rings. The zero-order valence-corrected chi connectivity index (χ0v) is 9.02. The summed E-state index contributed by atoms with van der Waals surface area (Å²) in [5, 5.41) is 8.86. The smallest absolute Gasteiger partial charge is 0.226 e. The Bertz CT molecular complexity index is 212. The van der Waals surface area contributed by atoms with E-state index in [0.717, 1.165) is 12.8 Å². The van der Waals surface area contributed by atoms with Crippen LogP contribution in [0.3, 0.4) is 0 Å². The molecule has 15 heavy (non-hydrogen) atoms. The molecule has 1 rings (SSSR count). The molecule has 1 N–H and O–H groups in total. The maximum Gasteiger partial charge on any atom is 0.226 e. The molecular weight excluding hydrogens is 194 g/mol. The fourth-order valence-corrected chi connectivity index (χ4v) is 1.77. The highest BCUT2D eigenvalue weighted by atomic mass is 16.5. The molecule has 0 radical (unpaired) electrons. The van der Waals surface area contributed by atoms with Crippen LogP contribution in [0.2, 0.25) is 0 Å². The zero-order valence-electron chi connectivity index (χ0n) is 9.02. The predicted molar refractivity (Wildman–Crippen MR) is 57.4 cm³/mol. The second-order valence-electron chi connectivity index (χ2n) is 3.68. The second kappa shape index (κ2) is 6.58. The van der Waals surface area contributed by atoms with Crippen LogP contribution in [-0.2, 0) is 9.53 Å². The van der Waals surface area contributed by atoms with Crippen molar-refractivity contribution in [2.45, 2.75) is 12.8 Å². The molecule has 0 spiro atoms. The third-order valence-corrected chi connectivity index (χ3v) is 2.60. The number of nitrogens with zero attached hydrogens (tertiary/aromatic N) is 1. The number of carbonyl (C=O) groups excluding carboxylic acids is 1. The van der Waals surface area contributed by atoms with E-state index in [9.17, 15) is 4.79 Å². The summed E-state index contributed by atoms with van der Waals surface area (Å²) in [5.74, 6) is 0.178. The molecule has 0 unspecified atom stereocenters. The van der Waals surface area contributed by atoms with Gasteiger partial charge in [0.1, 0.15) is 0 Å². The Hall–Kier alpha value is -0.870. The summed E-state index contributed by atoms with van der Waals surface area (Å²) < 4.78 is 5.21. The van der Waals surface area contributed by atoms with E-state index in [1.165, 1.54) is 0 Å². The van der Waals surface area contributed by atoms with Crippen LogP contribution in [0.5, 0.6) is 0 Å². The topological polar surface area (TPSA) is 49.8 Å². The summed E-state index contributed by atoms with van der Waals surface area (Å²) in [6.45, 7) is 5.84. The van der Waals surface area contributed by atoms with E-state index < -0.39 is 0 Å². The number of ether oxygens (including phenoxy) is 1. The number of carbonyl (C=O) groups is 1. The van der Waals surface area contributed by atoms with Crippen LogP contribution >= 0.6 is 0 Å². The van der Waals surface area contributed by atoms with Crippen LogP contribution in [-0.4, -0.2) is 48.8 Å². The molecule has 1 fully saturated rings. The number of hydrogen-bond donors (Lipinski definition) is 1. The lowest BCUT2D eigenvalue weighted by atomic mass is 9.98. The highest BCUT2D eigenvalue weighted by Crippen LogP contribution is 2.17. The van der Waals surface area contributed by atoms with Crippen LogP contribution in [0.15, 0.2) is 12.7 Å². The molecule has 4 heteroatoms. The van der Waals surface area contributed by atoms with Gasteiger partial charge in [0.15, 0.2) is 0 Å². The lowest BCUT2D eigenvalue weighted by Crippen LogP contribution is -2.40. The third kappa shape index (κ3) is 3.64. The molecule has 1 amide bonds. The van der Waals surface area contributed by atoms with Crippen LogP contribution in [0, 0.1) is 5.92 Å². The van der Waals surface area contributed by atoms with Gasteiger partial charge in [-0.3, -0.25) is 4.79 Å². The van der Waals surface area contributed by atoms with Crippen molar-refractivity contribution < 1.29 is 14.6 Å². The van der Waals surface area contributed by atoms with Crippen molar-refractivity contribution in [3.05, 3.63) is 12.7 Å². The largest absolute Gasteiger partial charge is 0.395 e. The number of amides is 1. The summed E-state index contributed by atoms with van der Waals surface area (Å²) in [4.78, 5) is 13.6. The molecule has 0 aromatic carbocycles. The first-order valence-corrected chi connectivity index (χ1v) is 5.38. The number of aliphatic hydroxyl groups is 1. The number of hydrogen-bond acceptors (Lipinski definition) is 3. The number of rotatable bonds is 5. The monoisotopic (exact) mass is 213 g/mol. The average molecular weight is 213 g/mol. The van der Waals surface area contributed by atoms with Gasteiger partial charge in [-0.05, 0) is 12.8 Å². The SMILES string of the molecule is C=CCN(CCO)C(=O)C1CCOCC1. The maximum atomic E-state index is 12.0. The van der Waals surface area contributed by atoms with Gasteiger partial charge in [0.2, 0.25) is 5.91 Å². The Kier molecular flexibility index (Phi) is 5.36. The van der Waals surface area contributed by atoms with E-state index in [1.807, 2.05) is 0 Å². The van der Waals surface area contributed by atoms with Crippen LogP contribution < -0.4 is 0 Å². The fraction of sp³-hybridized carbons (Fsp3) is 0.727. The van der Waals surface area contributed by atoms with E-state index in [-0.39, 0.29) is 18.4 Å². The van der Waals surface area contributed by atoms with Crippen molar-refractivity contribution in [1.82, 2.24) is 4.90 Å². The minimum Gasteiger partial charge on any atom is -0.395 e. The van der Waals surface area contributed by atoms with Crippen LogP contribution in [0.1, 0.15) is 12.8 Å². The van der Waals surface area contributed by atoms with Crippen molar-refractivity contribution in [2.75, 3.05) is 32.9 Å². The predicted octanol–water partition coefficient (Wildman–Crippen LogP) is 0.420. The van der Waals surface area contributed by atoms with Gasteiger partial charge in [-0.2, -0.15) is 0 Å². The zero-order chi connectivity index (χ0) is 11.1. The second-order valence-corrected chi connectivity index (χ2v) is 3.68. The van der Waals surface area contributed by atoms with Crippen molar-refractivity contribution in [3.63, 3.8) is 0 Å². The first kappa shape index (κ1) is 12.2. The van der Waals surface area contributed by atoms with Crippen molar-refractivity contribution in [3.8, 4) is 0 Å². The Morgan fingerprint density at radius 2 is 2.20 bits per heavy atom. The molecular formula is C11H19NO3. The van der Waals surface area contributed by atoms with Gasteiger partial charge < -0.3 is 14.7 Å². The minimum atomic E-state index is 0.00278. The fourth-order valence-electron chi connectivity index (χ4n) is 1.77. The molecule has 0 bridgehead atoms. The van der Waals surface area contributed by atoms with E-state index in [2.05, 4.69) is 6.58 Å². The summed E-state index contributed by atoms with van der Waals surface area (Å²) in [6, 6.07) is 0. The van der Waals surface area contributed by atoms with Crippen molar-refractivity contribution in [1.29, 1.82) is 0 Å². The standard InChI is InChI=1S/C11H19NO3/c1-2-5-12(6-7-13)11(14)10-3-8-15-9-4-10/h2,10,13H,1,3-9H2. The van der Waals surface area contributed by atoms with Gasteiger partial charge >= 0.3 is 0 Å². The lowest BCUT2D eigenvalue weighted by molar-refractivity contribution is -0.138. The molecule has 86 valence electrons. The molecule has 0 saturated carbocycles. The molecule has 1 heterocycles. The van der Waals surface area contributed by atoms with E-state index >= 15 is 0 Å². The summed E-state index contributed by atoms with van der Waals surface area (Å²) in [5.41, 5.74) is 0. The molecule has 0 aliphatic carbocycles. The maximum absolute atomic E-state index is 12.0. The lowest BCUT2D eigenvalue weighted by Gasteiger charge is -2.28.